The van der Waals surface area contributed by atoms with Gasteiger partial charge in [-0.05, 0) is 17.2 Å². The fraction of sp³-hybridized carbons (Fsp3) is 0.222. The number of nitrogens with one attached hydrogen (secondary N) is 1. The summed E-state index contributed by atoms with van der Waals surface area (Å²) in [6, 6.07) is 12.9. The predicted octanol–water partition coefficient (Wildman–Crippen LogP) is 2.59. The molecule has 0 aliphatic carbocycles. The Labute approximate surface area is 151 Å². The molecule has 1 unspecified atom stereocenters. The van der Waals surface area contributed by atoms with Crippen LogP contribution in [-0.2, 0) is 14.3 Å². The normalized spacial score (nSPS) is 11.2. The number of amides is 1. The molecule has 2 aromatic carbocycles. The number of ether oxygens (including phenoxy) is 1. The summed E-state index contributed by atoms with van der Waals surface area (Å²) in [6.07, 6.45) is -0.0126. The van der Waals surface area contributed by atoms with Gasteiger partial charge in [0.05, 0.1) is 26.1 Å². The molecule has 5 nitrogen and oxygen atoms in total. The van der Waals surface area contributed by atoms with Crippen LogP contribution in [0.4, 0.5) is 4.39 Å². The van der Waals surface area contributed by atoms with Crippen LogP contribution in [-0.4, -0.2) is 25.5 Å². The third kappa shape index (κ3) is 5.55. The molecule has 1 atom stereocenters. The molecule has 0 fully saturated rings. The molecule has 0 spiro atoms. The third-order valence-electron chi connectivity index (χ3n) is 3.62. The second-order valence-electron chi connectivity index (χ2n) is 5.21. The smallest absolute Gasteiger partial charge is 0.307 e. The topological polar surface area (TPSA) is 81.4 Å². The average molecular weight is 367 g/mol. The molecule has 2 rings (SSSR count). The zero-order chi connectivity index (χ0) is 17.5. The number of halogens is 2. The summed E-state index contributed by atoms with van der Waals surface area (Å²) in [5, 5.41) is 2.68. The summed E-state index contributed by atoms with van der Waals surface area (Å²) < 4.78 is 18.5. The first-order valence-electron chi connectivity index (χ1n) is 7.46. The Balaban J connectivity index is 0.00000312. The molecule has 0 radical (unpaired) electrons. The van der Waals surface area contributed by atoms with Crippen LogP contribution in [0.15, 0.2) is 48.5 Å². The van der Waals surface area contributed by atoms with Gasteiger partial charge < -0.3 is 15.8 Å². The highest BCUT2D eigenvalue weighted by atomic mass is 35.5. The van der Waals surface area contributed by atoms with Crippen LogP contribution in [0.2, 0.25) is 0 Å². The number of methoxy groups -OCH3 is 1. The van der Waals surface area contributed by atoms with Gasteiger partial charge in [-0.15, -0.1) is 12.4 Å². The van der Waals surface area contributed by atoms with E-state index in [0.717, 1.165) is 0 Å². The first-order valence-corrected chi connectivity index (χ1v) is 7.46. The van der Waals surface area contributed by atoms with Crippen LogP contribution in [0, 0.1) is 5.82 Å². The van der Waals surface area contributed by atoms with Crippen molar-refractivity contribution in [3.63, 3.8) is 0 Å². The fourth-order valence-corrected chi connectivity index (χ4v) is 2.35. The maximum absolute atomic E-state index is 13.8. The lowest BCUT2D eigenvalue weighted by atomic mass is 9.98. The van der Waals surface area contributed by atoms with Gasteiger partial charge in [0.2, 0.25) is 5.91 Å². The van der Waals surface area contributed by atoms with Crippen molar-refractivity contribution in [2.75, 3.05) is 13.7 Å². The number of hydrogen-bond acceptors (Lipinski definition) is 4. The van der Waals surface area contributed by atoms with Crippen LogP contribution in [0.5, 0.6) is 0 Å². The van der Waals surface area contributed by atoms with Gasteiger partial charge in [0.15, 0.2) is 0 Å². The van der Waals surface area contributed by atoms with Gasteiger partial charge in [-0.2, -0.15) is 0 Å². The molecule has 0 aliphatic heterocycles. The Hall–Kier alpha value is -2.44. The molecule has 0 saturated heterocycles. The second-order valence-corrected chi connectivity index (χ2v) is 5.21. The maximum atomic E-state index is 13.8. The number of carbonyl (C=O) groups is 2. The molecule has 1 amide bonds. The largest absolute Gasteiger partial charge is 0.469 e. The Morgan fingerprint density at radius 2 is 1.80 bits per heavy atom. The van der Waals surface area contributed by atoms with E-state index in [1.807, 2.05) is 0 Å². The van der Waals surface area contributed by atoms with Gasteiger partial charge in [0.25, 0.3) is 0 Å². The Morgan fingerprint density at radius 3 is 2.36 bits per heavy atom. The summed E-state index contributed by atoms with van der Waals surface area (Å²) in [4.78, 5) is 23.1. The van der Waals surface area contributed by atoms with E-state index in [9.17, 15) is 14.0 Å². The van der Waals surface area contributed by atoms with Crippen molar-refractivity contribution in [1.29, 1.82) is 0 Å². The lowest BCUT2D eigenvalue weighted by molar-refractivity contribution is -0.141. The molecule has 0 bridgehead atoms. The van der Waals surface area contributed by atoms with Gasteiger partial charge in [0, 0.05) is 5.56 Å². The highest BCUT2D eigenvalue weighted by Gasteiger charge is 2.18. The minimum Gasteiger partial charge on any atom is -0.469 e. The maximum Gasteiger partial charge on any atom is 0.307 e. The molecule has 7 heteroatoms. The van der Waals surface area contributed by atoms with Crippen molar-refractivity contribution in [2.24, 2.45) is 5.73 Å². The minimum absolute atomic E-state index is 0. The predicted molar refractivity (Wildman–Crippen MR) is 95.7 cm³/mol. The molecule has 25 heavy (non-hydrogen) atoms. The molecular weight excluding hydrogens is 347 g/mol. The second kappa shape index (κ2) is 9.76. The van der Waals surface area contributed by atoms with Gasteiger partial charge in [0.1, 0.15) is 5.82 Å². The molecular formula is C18H20ClFN2O3. The number of benzene rings is 2. The minimum atomic E-state index is -0.553. The van der Waals surface area contributed by atoms with Crippen LogP contribution in [0.1, 0.15) is 18.0 Å². The zero-order valence-electron chi connectivity index (χ0n) is 13.7. The quantitative estimate of drug-likeness (QED) is 0.770. The summed E-state index contributed by atoms with van der Waals surface area (Å²) in [7, 11) is 1.28. The van der Waals surface area contributed by atoms with Gasteiger partial charge in [-0.25, -0.2) is 4.39 Å². The lowest BCUT2D eigenvalue weighted by Crippen LogP contribution is -2.35. The summed E-state index contributed by atoms with van der Waals surface area (Å²) in [5.74, 6) is -1.13. The first-order chi connectivity index (χ1) is 11.5. The zero-order valence-corrected chi connectivity index (χ0v) is 14.5. The number of hydrogen-bond donors (Lipinski definition) is 2. The van der Waals surface area contributed by atoms with Crippen molar-refractivity contribution in [3.8, 4) is 11.1 Å². The molecule has 2 aromatic rings. The van der Waals surface area contributed by atoms with E-state index in [2.05, 4.69) is 10.1 Å². The van der Waals surface area contributed by atoms with Crippen LogP contribution in [0.3, 0.4) is 0 Å². The van der Waals surface area contributed by atoms with Crippen molar-refractivity contribution in [3.05, 3.63) is 59.9 Å². The molecule has 0 aliphatic rings. The molecule has 0 saturated carbocycles. The number of rotatable bonds is 6. The van der Waals surface area contributed by atoms with E-state index in [4.69, 9.17) is 5.73 Å². The summed E-state index contributed by atoms with van der Waals surface area (Å²) in [5.41, 5.74) is 7.21. The van der Waals surface area contributed by atoms with E-state index >= 15 is 0 Å². The van der Waals surface area contributed by atoms with Crippen LogP contribution < -0.4 is 11.1 Å². The number of esters is 1. The highest BCUT2D eigenvalue weighted by Crippen LogP contribution is 2.25. The molecule has 3 N–H and O–H groups in total. The third-order valence-corrected chi connectivity index (χ3v) is 3.62. The Kier molecular flexibility index (Phi) is 8.04. The summed E-state index contributed by atoms with van der Waals surface area (Å²) in [6.45, 7) is -0.176. The SMILES string of the molecule is COC(=O)CC(NC(=O)CN)c1ccc(-c2ccccc2F)cc1.Cl. The number of nitrogens with two attached hydrogens (primary N) is 1. The van der Waals surface area contributed by atoms with E-state index < -0.39 is 12.0 Å². The van der Waals surface area contributed by atoms with Crippen molar-refractivity contribution >= 4 is 24.3 Å². The average Bonchev–Trinajstić information content (AvgIpc) is 2.61. The van der Waals surface area contributed by atoms with Gasteiger partial charge >= 0.3 is 5.97 Å². The molecule has 0 aromatic heterocycles. The van der Waals surface area contributed by atoms with E-state index in [1.54, 1.807) is 42.5 Å². The van der Waals surface area contributed by atoms with Crippen LogP contribution in [0.25, 0.3) is 11.1 Å². The Morgan fingerprint density at radius 1 is 1.16 bits per heavy atom. The lowest BCUT2D eigenvalue weighted by Gasteiger charge is -2.18. The monoisotopic (exact) mass is 366 g/mol. The molecule has 134 valence electrons. The van der Waals surface area contributed by atoms with Crippen molar-refractivity contribution in [1.82, 2.24) is 5.32 Å². The van der Waals surface area contributed by atoms with E-state index in [1.165, 1.54) is 13.2 Å². The van der Waals surface area contributed by atoms with Gasteiger partial charge in [-0.1, -0.05) is 42.5 Å². The fourth-order valence-electron chi connectivity index (χ4n) is 2.35. The van der Waals surface area contributed by atoms with Crippen LogP contribution >= 0.6 is 12.4 Å². The Bertz CT molecular complexity index is 705. The highest BCUT2D eigenvalue weighted by molar-refractivity contribution is 5.85. The molecule has 0 heterocycles. The standard InChI is InChI=1S/C18H19FN2O3.ClH/c1-24-18(23)10-16(21-17(22)11-20)13-8-6-12(7-9-13)14-4-2-3-5-15(14)19;/h2-9,16H,10-11,20H2,1H3,(H,21,22);1H. The van der Waals surface area contributed by atoms with E-state index in [-0.39, 0.29) is 37.1 Å². The van der Waals surface area contributed by atoms with E-state index in [0.29, 0.717) is 16.7 Å². The van der Waals surface area contributed by atoms with Gasteiger partial charge in [-0.3, -0.25) is 9.59 Å². The summed E-state index contributed by atoms with van der Waals surface area (Å²) >= 11 is 0. The number of carbonyl (C=O) groups excluding carboxylic acids is 2. The van der Waals surface area contributed by atoms with Crippen molar-refractivity contribution < 1.29 is 18.7 Å². The van der Waals surface area contributed by atoms with Crippen molar-refractivity contribution in [2.45, 2.75) is 12.5 Å². The first kappa shape index (κ1) is 20.6.